The van der Waals surface area contributed by atoms with Crippen molar-refractivity contribution in [2.75, 3.05) is 26.6 Å². The van der Waals surface area contributed by atoms with E-state index in [1.165, 1.54) is 18.4 Å². The molecule has 0 saturated carbocycles. The summed E-state index contributed by atoms with van der Waals surface area (Å²) in [4.78, 5) is 16.9. The molecule has 134 valence electrons. The smallest absolute Gasteiger partial charge is 0.261 e. The average molecular weight is 370 g/mol. The average Bonchev–Trinajstić information content (AvgIpc) is 3.15. The predicted molar refractivity (Wildman–Crippen MR) is 102 cm³/mol. The van der Waals surface area contributed by atoms with E-state index in [1.54, 1.807) is 32.4 Å². The minimum atomic E-state index is -0.268. The van der Waals surface area contributed by atoms with Gasteiger partial charge in [0.1, 0.15) is 5.75 Å². The minimum Gasteiger partial charge on any atom is -0.496 e. The topological polar surface area (TPSA) is 69.7 Å². The number of amides is 1. The largest absolute Gasteiger partial charge is 0.496 e. The molecule has 0 spiro atoms. The number of carbonyl (C=O) groups is 1. The Morgan fingerprint density at radius 2 is 1.69 bits per heavy atom. The highest BCUT2D eigenvalue weighted by Gasteiger charge is 2.14. The molecule has 0 aliphatic heterocycles. The number of benzene rings is 2. The van der Waals surface area contributed by atoms with Crippen LogP contribution in [0.5, 0.6) is 17.2 Å². The van der Waals surface area contributed by atoms with Gasteiger partial charge in [-0.15, -0.1) is 11.3 Å². The van der Waals surface area contributed by atoms with Crippen molar-refractivity contribution in [2.45, 2.75) is 0 Å². The molecule has 3 aromatic rings. The third-order valence-electron chi connectivity index (χ3n) is 3.76. The van der Waals surface area contributed by atoms with Crippen LogP contribution >= 0.6 is 11.3 Å². The van der Waals surface area contributed by atoms with Crippen LogP contribution in [0.4, 0.5) is 5.13 Å². The van der Waals surface area contributed by atoms with Crippen LogP contribution in [0, 0.1) is 0 Å². The van der Waals surface area contributed by atoms with Crippen LogP contribution in [0.25, 0.3) is 11.3 Å². The first kappa shape index (κ1) is 17.8. The number of thiazole rings is 1. The number of ether oxygens (including phenoxy) is 3. The lowest BCUT2D eigenvalue weighted by Crippen LogP contribution is -2.12. The molecule has 0 atom stereocenters. The number of rotatable bonds is 6. The third-order valence-corrected chi connectivity index (χ3v) is 4.51. The molecule has 0 unspecified atom stereocenters. The van der Waals surface area contributed by atoms with Gasteiger partial charge in [-0.05, 0) is 30.3 Å². The first-order chi connectivity index (χ1) is 12.7. The van der Waals surface area contributed by atoms with E-state index in [0.717, 1.165) is 11.3 Å². The van der Waals surface area contributed by atoms with Crippen molar-refractivity contribution in [3.8, 4) is 28.5 Å². The number of aromatic nitrogens is 1. The molecule has 0 bridgehead atoms. The van der Waals surface area contributed by atoms with Gasteiger partial charge in [-0.1, -0.05) is 12.1 Å². The zero-order valence-corrected chi connectivity index (χ0v) is 15.4. The van der Waals surface area contributed by atoms with Gasteiger partial charge in [0.2, 0.25) is 0 Å². The molecule has 2 aromatic carbocycles. The van der Waals surface area contributed by atoms with Gasteiger partial charge in [-0.2, -0.15) is 0 Å². The lowest BCUT2D eigenvalue weighted by atomic mass is 10.1. The Morgan fingerprint density at radius 1 is 0.962 bits per heavy atom. The number of methoxy groups -OCH3 is 3. The van der Waals surface area contributed by atoms with Gasteiger partial charge in [0.15, 0.2) is 16.6 Å². The van der Waals surface area contributed by atoms with Gasteiger partial charge >= 0.3 is 0 Å². The molecule has 6 nitrogen and oxygen atoms in total. The molecule has 1 heterocycles. The number of para-hydroxylation sites is 1. The van der Waals surface area contributed by atoms with Gasteiger partial charge in [0.05, 0.1) is 32.6 Å². The molecule has 26 heavy (non-hydrogen) atoms. The molecule has 0 radical (unpaired) electrons. The summed E-state index contributed by atoms with van der Waals surface area (Å²) in [6, 6.07) is 12.6. The Morgan fingerprint density at radius 3 is 2.42 bits per heavy atom. The monoisotopic (exact) mass is 370 g/mol. The van der Waals surface area contributed by atoms with Crippen molar-refractivity contribution in [3.63, 3.8) is 0 Å². The van der Waals surface area contributed by atoms with Gasteiger partial charge in [0.25, 0.3) is 5.91 Å². The van der Waals surface area contributed by atoms with E-state index in [9.17, 15) is 4.79 Å². The summed E-state index contributed by atoms with van der Waals surface area (Å²) in [5.41, 5.74) is 2.07. The minimum absolute atomic E-state index is 0.268. The Kier molecular flexibility index (Phi) is 5.38. The summed E-state index contributed by atoms with van der Waals surface area (Å²) in [6.45, 7) is 0. The van der Waals surface area contributed by atoms with Crippen LogP contribution in [0.1, 0.15) is 10.4 Å². The van der Waals surface area contributed by atoms with E-state index in [2.05, 4.69) is 10.3 Å². The standard InChI is InChI=1S/C19H18N2O4S/c1-23-15-7-5-4-6-13(15)18(22)21-19-20-14(11-26-19)12-8-9-16(24-2)17(10-12)25-3/h4-11H,1-3H3,(H,20,21,22). The van der Waals surface area contributed by atoms with E-state index >= 15 is 0 Å². The molecule has 0 aliphatic rings. The van der Waals surface area contributed by atoms with Gasteiger partial charge < -0.3 is 14.2 Å². The van der Waals surface area contributed by atoms with Crippen molar-refractivity contribution in [1.29, 1.82) is 0 Å². The maximum absolute atomic E-state index is 12.5. The zero-order chi connectivity index (χ0) is 18.5. The Bertz CT molecular complexity index is 923. The van der Waals surface area contributed by atoms with Crippen molar-refractivity contribution < 1.29 is 19.0 Å². The second-order valence-electron chi connectivity index (χ2n) is 5.26. The van der Waals surface area contributed by atoms with Crippen LogP contribution in [-0.4, -0.2) is 32.2 Å². The fraction of sp³-hybridized carbons (Fsp3) is 0.158. The number of nitrogens with zero attached hydrogens (tertiary/aromatic N) is 1. The highest BCUT2D eigenvalue weighted by atomic mass is 32.1. The molecule has 0 saturated heterocycles. The summed E-state index contributed by atoms with van der Waals surface area (Å²) < 4.78 is 15.8. The molecular weight excluding hydrogens is 352 g/mol. The van der Waals surface area contributed by atoms with E-state index in [0.29, 0.717) is 27.9 Å². The van der Waals surface area contributed by atoms with E-state index in [4.69, 9.17) is 14.2 Å². The number of anilines is 1. The maximum Gasteiger partial charge on any atom is 0.261 e. The molecule has 1 aromatic heterocycles. The Hall–Kier alpha value is -3.06. The summed E-state index contributed by atoms with van der Waals surface area (Å²) >= 11 is 1.35. The van der Waals surface area contributed by atoms with Crippen LogP contribution in [0.15, 0.2) is 47.8 Å². The second kappa shape index (κ2) is 7.88. The molecular formula is C19H18N2O4S. The van der Waals surface area contributed by atoms with Crippen LogP contribution < -0.4 is 19.5 Å². The first-order valence-corrected chi connectivity index (χ1v) is 8.66. The highest BCUT2D eigenvalue weighted by Crippen LogP contribution is 2.33. The molecule has 3 rings (SSSR count). The second-order valence-corrected chi connectivity index (χ2v) is 6.12. The molecule has 1 N–H and O–H groups in total. The van der Waals surface area contributed by atoms with Crippen molar-refractivity contribution >= 4 is 22.4 Å². The predicted octanol–water partition coefficient (Wildman–Crippen LogP) is 4.09. The van der Waals surface area contributed by atoms with Crippen LogP contribution in [-0.2, 0) is 0 Å². The zero-order valence-electron chi connectivity index (χ0n) is 14.6. The van der Waals surface area contributed by atoms with Crippen molar-refractivity contribution in [1.82, 2.24) is 4.98 Å². The lowest BCUT2D eigenvalue weighted by Gasteiger charge is -2.08. The van der Waals surface area contributed by atoms with E-state index in [-0.39, 0.29) is 5.91 Å². The summed E-state index contributed by atoms with van der Waals surface area (Å²) in [7, 11) is 4.71. The van der Waals surface area contributed by atoms with Gasteiger partial charge in [0, 0.05) is 10.9 Å². The number of nitrogens with one attached hydrogen (secondary N) is 1. The summed E-state index contributed by atoms with van der Waals surface area (Å²) in [5.74, 6) is 1.52. The van der Waals surface area contributed by atoms with E-state index in [1.807, 2.05) is 29.6 Å². The van der Waals surface area contributed by atoms with E-state index < -0.39 is 0 Å². The lowest BCUT2D eigenvalue weighted by molar-refractivity contribution is 0.102. The fourth-order valence-corrected chi connectivity index (χ4v) is 3.17. The number of carbonyl (C=O) groups excluding carboxylic acids is 1. The first-order valence-electron chi connectivity index (χ1n) is 7.78. The number of hydrogen-bond acceptors (Lipinski definition) is 6. The molecule has 1 amide bonds. The van der Waals surface area contributed by atoms with Crippen molar-refractivity contribution in [3.05, 3.63) is 53.4 Å². The Balaban J connectivity index is 1.81. The van der Waals surface area contributed by atoms with Gasteiger partial charge in [-0.3, -0.25) is 10.1 Å². The fourth-order valence-electron chi connectivity index (χ4n) is 2.46. The third kappa shape index (κ3) is 3.62. The van der Waals surface area contributed by atoms with Crippen LogP contribution in [0.2, 0.25) is 0 Å². The summed E-state index contributed by atoms with van der Waals surface area (Å²) in [6.07, 6.45) is 0. The maximum atomic E-state index is 12.5. The summed E-state index contributed by atoms with van der Waals surface area (Å²) in [5, 5.41) is 5.19. The SMILES string of the molecule is COc1ccc(-c2csc(NC(=O)c3ccccc3OC)n2)cc1OC. The molecule has 0 aliphatic carbocycles. The highest BCUT2D eigenvalue weighted by molar-refractivity contribution is 7.14. The van der Waals surface area contributed by atoms with Crippen molar-refractivity contribution in [2.24, 2.45) is 0 Å². The van der Waals surface area contributed by atoms with Crippen LogP contribution in [0.3, 0.4) is 0 Å². The number of hydrogen-bond donors (Lipinski definition) is 1. The molecule has 7 heteroatoms. The Labute approximate surface area is 155 Å². The normalized spacial score (nSPS) is 10.3. The molecule has 0 fully saturated rings. The quantitative estimate of drug-likeness (QED) is 0.708. The van der Waals surface area contributed by atoms with Gasteiger partial charge in [-0.25, -0.2) is 4.98 Å².